The molecule has 0 saturated carbocycles. The van der Waals surface area contributed by atoms with Crippen molar-refractivity contribution in [3.8, 4) is 5.75 Å². The van der Waals surface area contributed by atoms with E-state index in [1.807, 2.05) is 0 Å². The molecular formula is C19H20N2O5S. The van der Waals surface area contributed by atoms with Gasteiger partial charge in [-0.3, -0.25) is 14.4 Å². The van der Waals surface area contributed by atoms with E-state index in [-0.39, 0.29) is 17.1 Å². The van der Waals surface area contributed by atoms with E-state index in [0.717, 1.165) is 10.4 Å². The van der Waals surface area contributed by atoms with Crippen LogP contribution in [0.2, 0.25) is 0 Å². The minimum Gasteiger partial charge on any atom is -0.490 e. The molecule has 0 fully saturated rings. The summed E-state index contributed by atoms with van der Waals surface area (Å²) in [7, 11) is -4.03. The highest BCUT2D eigenvalue weighted by Gasteiger charge is 2.27. The number of rotatable bonds is 9. The molecule has 0 saturated heterocycles. The highest BCUT2D eigenvalue weighted by molar-refractivity contribution is 7.92. The highest BCUT2D eigenvalue weighted by atomic mass is 32.2. The fourth-order valence-electron chi connectivity index (χ4n) is 2.42. The zero-order valence-corrected chi connectivity index (χ0v) is 15.7. The number of aryl methyl sites for hydroxylation is 1. The Bertz CT molecular complexity index is 953. The van der Waals surface area contributed by atoms with Crippen LogP contribution in [0.4, 0.5) is 11.4 Å². The summed E-state index contributed by atoms with van der Waals surface area (Å²) in [6.45, 7) is 9.11. The van der Waals surface area contributed by atoms with Crippen molar-refractivity contribution in [3.05, 3.63) is 83.5 Å². The van der Waals surface area contributed by atoms with Gasteiger partial charge in [0, 0.05) is 12.1 Å². The molecule has 0 aromatic heterocycles. The second kappa shape index (κ2) is 8.50. The van der Waals surface area contributed by atoms with Gasteiger partial charge in [-0.2, -0.15) is 0 Å². The van der Waals surface area contributed by atoms with E-state index < -0.39 is 14.9 Å². The van der Waals surface area contributed by atoms with Crippen LogP contribution in [0.15, 0.2) is 72.7 Å². The van der Waals surface area contributed by atoms with Crippen molar-refractivity contribution in [2.24, 2.45) is 0 Å². The van der Waals surface area contributed by atoms with E-state index in [4.69, 9.17) is 4.74 Å². The van der Waals surface area contributed by atoms with Gasteiger partial charge in [0.05, 0.1) is 22.1 Å². The van der Waals surface area contributed by atoms with E-state index >= 15 is 0 Å². The van der Waals surface area contributed by atoms with Crippen molar-refractivity contribution in [2.45, 2.75) is 11.8 Å². The quantitative estimate of drug-likeness (QED) is 0.370. The van der Waals surface area contributed by atoms with Gasteiger partial charge in [-0.15, -0.1) is 6.58 Å². The molecule has 2 aromatic carbocycles. The van der Waals surface area contributed by atoms with Gasteiger partial charge in [0.15, 0.2) is 0 Å². The topological polar surface area (TPSA) is 89.8 Å². The molecule has 7 nitrogen and oxygen atoms in total. The molecule has 2 rings (SSSR count). The predicted molar refractivity (Wildman–Crippen MR) is 105 cm³/mol. The van der Waals surface area contributed by atoms with Crippen LogP contribution >= 0.6 is 0 Å². The fourth-order valence-corrected chi connectivity index (χ4v) is 4.11. The average Bonchev–Trinajstić information content (AvgIpc) is 2.64. The third kappa shape index (κ3) is 4.53. The number of ether oxygens (including phenoxy) is 1. The van der Waals surface area contributed by atoms with Crippen molar-refractivity contribution >= 4 is 21.4 Å². The lowest BCUT2D eigenvalue weighted by Gasteiger charge is -2.24. The van der Waals surface area contributed by atoms with Crippen LogP contribution in [-0.4, -0.2) is 26.5 Å². The lowest BCUT2D eigenvalue weighted by atomic mass is 10.2. The predicted octanol–water partition coefficient (Wildman–Crippen LogP) is 3.85. The number of nitro benzene ring substituents is 1. The smallest absolute Gasteiger partial charge is 0.270 e. The fraction of sp³-hybridized carbons (Fsp3) is 0.158. The van der Waals surface area contributed by atoms with Gasteiger partial charge in [-0.05, 0) is 36.8 Å². The van der Waals surface area contributed by atoms with E-state index in [1.165, 1.54) is 18.2 Å². The summed E-state index contributed by atoms with van der Waals surface area (Å²) in [6, 6.07) is 10.3. The van der Waals surface area contributed by atoms with Crippen molar-refractivity contribution in [1.29, 1.82) is 0 Å². The molecule has 0 amide bonds. The number of sulfonamides is 1. The SMILES string of the molecule is C=CCOc1ccc(N(CC=C)S(=O)(=O)c2cc([N+](=O)[O-])ccc2C)cc1. The Morgan fingerprint density at radius 3 is 2.37 bits per heavy atom. The molecule has 0 spiro atoms. The lowest BCUT2D eigenvalue weighted by molar-refractivity contribution is -0.385. The van der Waals surface area contributed by atoms with Crippen LogP contribution in [0.3, 0.4) is 0 Å². The monoisotopic (exact) mass is 388 g/mol. The summed E-state index contributed by atoms with van der Waals surface area (Å²) in [5.74, 6) is 0.570. The van der Waals surface area contributed by atoms with Crippen molar-refractivity contribution in [2.75, 3.05) is 17.5 Å². The molecule has 0 radical (unpaired) electrons. The average molecular weight is 388 g/mol. The highest BCUT2D eigenvalue weighted by Crippen LogP contribution is 2.29. The van der Waals surface area contributed by atoms with Gasteiger partial charge in [0.25, 0.3) is 15.7 Å². The van der Waals surface area contributed by atoms with Crippen LogP contribution in [0.25, 0.3) is 0 Å². The van der Waals surface area contributed by atoms with E-state index in [1.54, 1.807) is 37.3 Å². The number of benzene rings is 2. The number of hydrogen-bond acceptors (Lipinski definition) is 5. The molecule has 8 heteroatoms. The Balaban J connectivity index is 2.48. The molecule has 0 heterocycles. The molecule has 0 atom stereocenters. The standard InChI is InChI=1S/C19H20N2O5S/c1-4-12-20(16-8-10-18(11-9-16)26-13-5-2)27(24,25)19-14-17(21(22)23)7-6-15(19)3/h4-11,14H,1-2,12-13H2,3H3. The molecule has 0 aliphatic carbocycles. The Morgan fingerprint density at radius 2 is 1.81 bits per heavy atom. The molecule has 0 bridgehead atoms. The second-order valence-electron chi connectivity index (χ2n) is 5.63. The van der Waals surface area contributed by atoms with Crippen LogP contribution in [-0.2, 0) is 10.0 Å². The number of nitrogens with zero attached hydrogens (tertiary/aromatic N) is 2. The number of nitro groups is 1. The molecule has 142 valence electrons. The van der Waals surface area contributed by atoms with Gasteiger partial charge in [0.1, 0.15) is 12.4 Å². The van der Waals surface area contributed by atoms with E-state index in [9.17, 15) is 18.5 Å². The molecule has 27 heavy (non-hydrogen) atoms. The Labute approximate surface area is 158 Å². The first-order valence-corrected chi connectivity index (χ1v) is 9.47. The molecular weight excluding hydrogens is 368 g/mol. The third-order valence-electron chi connectivity index (χ3n) is 3.74. The summed E-state index contributed by atoms with van der Waals surface area (Å²) in [5.41, 5.74) is 0.526. The minimum atomic E-state index is -4.03. The summed E-state index contributed by atoms with van der Waals surface area (Å²) in [4.78, 5) is 10.3. The van der Waals surface area contributed by atoms with E-state index in [0.29, 0.717) is 23.6 Å². The van der Waals surface area contributed by atoms with E-state index in [2.05, 4.69) is 13.2 Å². The zero-order valence-electron chi connectivity index (χ0n) is 14.9. The van der Waals surface area contributed by atoms with Gasteiger partial charge >= 0.3 is 0 Å². The summed E-state index contributed by atoms with van der Waals surface area (Å²) >= 11 is 0. The largest absolute Gasteiger partial charge is 0.490 e. The van der Waals surface area contributed by atoms with Crippen molar-refractivity contribution in [1.82, 2.24) is 0 Å². The number of anilines is 1. The maximum absolute atomic E-state index is 13.2. The second-order valence-corrected chi connectivity index (χ2v) is 7.46. The first-order chi connectivity index (χ1) is 12.8. The minimum absolute atomic E-state index is 0.0112. The Hall–Kier alpha value is -3.13. The Morgan fingerprint density at radius 1 is 1.15 bits per heavy atom. The molecule has 0 aliphatic rings. The first kappa shape index (κ1) is 20.2. The van der Waals surface area contributed by atoms with Crippen LogP contribution in [0.5, 0.6) is 5.75 Å². The van der Waals surface area contributed by atoms with Gasteiger partial charge < -0.3 is 4.74 Å². The zero-order chi connectivity index (χ0) is 20.0. The molecule has 0 N–H and O–H groups in total. The summed E-state index contributed by atoms with van der Waals surface area (Å²) in [5, 5.41) is 11.0. The normalized spacial score (nSPS) is 10.9. The molecule has 0 aliphatic heterocycles. The van der Waals surface area contributed by atoms with Gasteiger partial charge in [0.2, 0.25) is 0 Å². The number of non-ortho nitro benzene ring substituents is 1. The number of hydrogen-bond donors (Lipinski definition) is 0. The van der Waals surface area contributed by atoms with Crippen LogP contribution in [0.1, 0.15) is 5.56 Å². The van der Waals surface area contributed by atoms with Crippen molar-refractivity contribution in [3.63, 3.8) is 0 Å². The maximum Gasteiger partial charge on any atom is 0.270 e. The molecule has 2 aromatic rings. The van der Waals surface area contributed by atoms with Crippen LogP contribution < -0.4 is 9.04 Å². The van der Waals surface area contributed by atoms with Crippen molar-refractivity contribution < 1.29 is 18.1 Å². The third-order valence-corrected chi connectivity index (χ3v) is 5.67. The lowest BCUT2D eigenvalue weighted by Crippen LogP contribution is -2.31. The Kier molecular flexibility index (Phi) is 6.36. The maximum atomic E-state index is 13.2. The van der Waals surface area contributed by atoms with Crippen LogP contribution in [0, 0.1) is 17.0 Å². The summed E-state index contributed by atoms with van der Waals surface area (Å²) in [6.07, 6.45) is 3.06. The van der Waals surface area contributed by atoms with Gasteiger partial charge in [-0.25, -0.2) is 8.42 Å². The first-order valence-electron chi connectivity index (χ1n) is 8.03. The summed E-state index contributed by atoms with van der Waals surface area (Å²) < 4.78 is 32.9. The van der Waals surface area contributed by atoms with Gasteiger partial charge in [-0.1, -0.05) is 24.8 Å². The molecule has 0 unspecified atom stereocenters.